The number of benzene rings is 2. The summed E-state index contributed by atoms with van der Waals surface area (Å²) in [5, 5.41) is 6.64. The normalized spacial score (nSPS) is 13.9. The molecule has 0 aliphatic carbocycles. The van der Waals surface area contributed by atoms with Crippen molar-refractivity contribution in [3.8, 4) is 0 Å². The van der Waals surface area contributed by atoms with Gasteiger partial charge < -0.3 is 16.4 Å². The van der Waals surface area contributed by atoms with Gasteiger partial charge in [-0.1, -0.05) is 39.7 Å². The van der Waals surface area contributed by atoms with Crippen molar-refractivity contribution in [2.45, 2.75) is 19.4 Å². The zero-order valence-corrected chi connectivity index (χ0v) is 19.1. The van der Waals surface area contributed by atoms with E-state index in [1.54, 1.807) is 18.2 Å². The molecular formula is C22H22BrClN6O. The number of likely N-dealkylation sites (tertiary alicyclic amines) is 1. The average Bonchev–Trinajstić information content (AvgIpc) is 3.25. The number of nitrogens with one attached hydrogen (secondary N) is 2. The molecule has 1 aliphatic heterocycles. The van der Waals surface area contributed by atoms with Gasteiger partial charge in [-0.05, 0) is 61.8 Å². The predicted molar refractivity (Wildman–Crippen MR) is 127 cm³/mol. The Morgan fingerprint density at radius 1 is 1.16 bits per heavy atom. The summed E-state index contributed by atoms with van der Waals surface area (Å²) in [6.07, 6.45) is 4.04. The van der Waals surface area contributed by atoms with Crippen LogP contribution in [0, 0.1) is 0 Å². The molecule has 0 spiro atoms. The monoisotopic (exact) mass is 500 g/mol. The lowest BCUT2D eigenvalue weighted by molar-refractivity contribution is 0.100. The number of carbonyl (C=O) groups excluding carboxylic acids is 1. The first-order valence-electron chi connectivity index (χ1n) is 9.95. The molecule has 0 saturated carbocycles. The molecule has 1 saturated heterocycles. The lowest BCUT2D eigenvalue weighted by atomic mass is 10.1. The van der Waals surface area contributed by atoms with Crippen LogP contribution in [-0.4, -0.2) is 33.9 Å². The number of aromatic nitrogens is 2. The molecule has 0 bridgehead atoms. The van der Waals surface area contributed by atoms with Crippen molar-refractivity contribution < 1.29 is 4.79 Å². The van der Waals surface area contributed by atoms with Gasteiger partial charge in [0.05, 0.1) is 17.4 Å². The van der Waals surface area contributed by atoms with Gasteiger partial charge in [-0.15, -0.1) is 0 Å². The van der Waals surface area contributed by atoms with E-state index in [0.29, 0.717) is 28.0 Å². The fraction of sp³-hybridized carbons (Fsp3) is 0.227. The van der Waals surface area contributed by atoms with Gasteiger partial charge in [0.25, 0.3) is 5.91 Å². The third-order valence-electron chi connectivity index (χ3n) is 5.03. The van der Waals surface area contributed by atoms with Crippen LogP contribution in [0.2, 0.25) is 5.02 Å². The molecule has 1 fully saturated rings. The molecule has 0 unspecified atom stereocenters. The maximum atomic E-state index is 11.8. The zero-order chi connectivity index (χ0) is 21.8. The van der Waals surface area contributed by atoms with Crippen LogP contribution in [0.3, 0.4) is 0 Å². The van der Waals surface area contributed by atoms with E-state index in [-0.39, 0.29) is 0 Å². The first kappa shape index (κ1) is 21.5. The molecular weight excluding hydrogens is 480 g/mol. The van der Waals surface area contributed by atoms with Crippen LogP contribution in [0.1, 0.15) is 28.8 Å². The van der Waals surface area contributed by atoms with Crippen LogP contribution in [-0.2, 0) is 6.54 Å². The molecule has 1 aromatic heterocycles. The van der Waals surface area contributed by atoms with E-state index >= 15 is 0 Å². The molecule has 2 aromatic carbocycles. The first-order valence-corrected chi connectivity index (χ1v) is 11.1. The fourth-order valence-corrected chi connectivity index (χ4v) is 4.05. The largest absolute Gasteiger partial charge is 0.366 e. The number of anilines is 4. The summed E-state index contributed by atoms with van der Waals surface area (Å²) in [5.74, 6) is 0.210. The Morgan fingerprint density at radius 2 is 1.97 bits per heavy atom. The molecule has 7 nitrogen and oxygen atoms in total. The third-order valence-corrected chi connectivity index (χ3v) is 5.80. The molecule has 2 heterocycles. The van der Waals surface area contributed by atoms with E-state index in [1.165, 1.54) is 24.6 Å². The van der Waals surface area contributed by atoms with Crippen molar-refractivity contribution in [3.05, 3.63) is 69.3 Å². The van der Waals surface area contributed by atoms with E-state index in [4.69, 9.17) is 17.3 Å². The molecule has 0 radical (unpaired) electrons. The van der Waals surface area contributed by atoms with Crippen LogP contribution in [0.25, 0.3) is 0 Å². The summed E-state index contributed by atoms with van der Waals surface area (Å²) >= 11 is 9.63. The van der Waals surface area contributed by atoms with Crippen molar-refractivity contribution in [1.29, 1.82) is 0 Å². The molecule has 0 atom stereocenters. The Hall–Kier alpha value is -2.68. The van der Waals surface area contributed by atoms with Gasteiger partial charge in [-0.2, -0.15) is 4.98 Å². The first-order chi connectivity index (χ1) is 15.0. The third kappa shape index (κ3) is 5.52. The number of hydrogen-bond acceptors (Lipinski definition) is 6. The minimum atomic E-state index is -0.554. The zero-order valence-electron chi connectivity index (χ0n) is 16.7. The summed E-state index contributed by atoms with van der Waals surface area (Å²) in [4.78, 5) is 23.0. The predicted octanol–water partition coefficient (Wildman–Crippen LogP) is 5.07. The van der Waals surface area contributed by atoms with Crippen molar-refractivity contribution in [3.63, 3.8) is 0 Å². The molecule has 160 valence electrons. The lowest BCUT2D eigenvalue weighted by Gasteiger charge is -2.15. The van der Waals surface area contributed by atoms with Gasteiger partial charge in [0.2, 0.25) is 5.95 Å². The summed E-state index contributed by atoms with van der Waals surface area (Å²) in [6.45, 7) is 3.23. The van der Waals surface area contributed by atoms with Gasteiger partial charge in [0.15, 0.2) is 5.82 Å². The van der Waals surface area contributed by atoms with E-state index in [9.17, 15) is 4.79 Å². The lowest BCUT2D eigenvalue weighted by Crippen LogP contribution is -2.18. The van der Waals surface area contributed by atoms with Crippen molar-refractivity contribution >= 4 is 56.6 Å². The molecule has 1 amide bonds. The number of carbonyl (C=O) groups is 1. The van der Waals surface area contributed by atoms with Crippen molar-refractivity contribution in [1.82, 2.24) is 14.9 Å². The number of amides is 1. The highest BCUT2D eigenvalue weighted by Crippen LogP contribution is 2.28. The number of rotatable bonds is 7. The van der Waals surface area contributed by atoms with Gasteiger partial charge in [-0.3, -0.25) is 9.69 Å². The van der Waals surface area contributed by atoms with Crippen LogP contribution >= 0.6 is 27.5 Å². The van der Waals surface area contributed by atoms with Crippen LogP contribution in [0.4, 0.5) is 23.1 Å². The van der Waals surface area contributed by atoms with Crippen molar-refractivity contribution in [2.24, 2.45) is 5.73 Å². The Kier molecular flexibility index (Phi) is 6.70. The summed E-state index contributed by atoms with van der Waals surface area (Å²) in [6, 6.07) is 13.4. The fourth-order valence-electron chi connectivity index (χ4n) is 3.55. The number of halogens is 2. The Bertz CT molecular complexity index is 1100. The van der Waals surface area contributed by atoms with Gasteiger partial charge in [0, 0.05) is 16.7 Å². The topological polar surface area (TPSA) is 96.2 Å². The van der Waals surface area contributed by atoms with Crippen LogP contribution < -0.4 is 16.4 Å². The molecule has 9 heteroatoms. The van der Waals surface area contributed by atoms with Crippen LogP contribution in [0.5, 0.6) is 0 Å². The molecule has 3 aromatic rings. The second-order valence-electron chi connectivity index (χ2n) is 7.38. The average molecular weight is 502 g/mol. The summed E-state index contributed by atoms with van der Waals surface area (Å²) in [7, 11) is 0. The number of primary amides is 1. The van der Waals surface area contributed by atoms with Crippen LogP contribution in [0.15, 0.2) is 53.1 Å². The second-order valence-corrected chi connectivity index (χ2v) is 8.70. The molecule has 31 heavy (non-hydrogen) atoms. The SMILES string of the molecule is NC(=O)c1cc(Br)ccc1Nc1nc(Nc2cccc(CN3CCCC3)c2)ncc1Cl. The van der Waals surface area contributed by atoms with E-state index in [0.717, 1.165) is 29.8 Å². The maximum absolute atomic E-state index is 11.8. The molecule has 4 rings (SSSR count). The standard InChI is InChI=1S/C22H22BrClN6O/c23-15-6-7-19(17(11-15)20(25)31)28-21-18(24)12-26-22(29-21)27-16-5-3-4-14(10-16)13-30-8-1-2-9-30/h3-7,10-12H,1-2,8-9,13H2,(H2,25,31)(H2,26,27,28,29). The number of nitrogens with zero attached hydrogens (tertiary/aromatic N) is 3. The molecule has 1 aliphatic rings. The van der Waals surface area contributed by atoms with E-state index in [1.807, 2.05) is 12.1 Å². The highest BCUT2D eigenvalue weighted by atomic mass is 79.9. The van der Waals surface area contributed by atoms with Gasteiger partial charge >= 0.3 is 0 Å². The maximum Gasteiger partial charge on any atom is 0.250 e. The number of hydrogen-bond donors (Lipinski definition) is 3. The Morgan fingerprint density at radius 3 is 2.74 bits per heavy atom. The highest BCUT2D eigenvalue weighted by molar-refractivity contribution is 9.10. The second kappa shape index (κ2) is 9.64. The minimum absolute atomic E-state index is 0.326. The summed E-state index contributed by atoms with van der Waals surface area (Å²) in [5.41, 5.74) is 8.47. The van der Waals surface area contributed by atoms with Gasteiger partial charge in [-0.25, -0.2) is 4.98 Å². The van der Waals surface area contributed by atoms with E-state index < -0.39 is 5.91 Å². The Balaban J connectivity index is 1.53. The van der Waals surface area contributed by atoms with Crippen molar-refractivity contribution in [2.75, 3.05) is 23.7 Å². The Labute approximate surface area is 194 Å². The van der Waals surface area contributed by atoms with E-state index in [2.05, 4.69) is 53.6 Å². The summed E-state index contributed by atoms with van der Waals surface area (Å²) < 4.78 is 0.747. The smallest absolute Gasteiger partial charge is 0.250 e. The van der Waals surface area contributed by atoms with Gasteiger partial charge in [0.1, 0.15) is 5.02 Å². The minimum Gasteiger partial charge on any atom is -0.366 e. The molecule has 4 N–H and O–H groups in total. The highest BCUT2D eigenvalue weighted by Gasteiger charge is 2.14. The quantitative estimate of drug-likeness (QED) is 0.418. The number of nitrogens with two attached hydrogens (primary N) is 1.